The van der Waals surface area contributed by atoms with Crippen molar-refractivity contribution in [3.8, 4) is 10.7 Å². The van der Waals surface area contributed by atoms with Crippen molar-refractivity contribution in [3.05, 3.63) is 28.5 Å². The van der Waals surface area contributed by atoms with E-state index < -0.39 is 0 Å². The second kappa shape index (κ2) is 8.58. The molecule has 2 bridgehead atoms. The number of β-amino-alcohol motifs (C(OH)–C–C–N with tert-alkyl or cyclic N) is 1. The zero-order valence-electron chi connectivity index (χ0n) is 19.2. The number of aromatic amines is 1. The first kappa shape index (κ1) is 22.8. The lowest BCUT2D eigenvalue weighted by atomic mass is 9.87. The summed E-state index contributed by atoms with van der Waals surface area (Å²) < 4.78 is 0. The summed E-state index contributed by atoms with van der Waals surface area (Å²) in [4.78, 5) is 32.8. The molecule has 9 nitrogen and oxygen atoms in total. The Balaban J connectivity index is 1.21. The SMILES string of the molecule is O=C(NC1CC1)[C@@H]1C(Nc2c(Cl)cnc3nc(-c4sc(N5CC[C@@H](O)C5)nc4Cl)[nH]c23)[C@H]2C=C[C@@H]1C2. The summed E-state index contributed by atoms with van der Waals surface area (Å²) in [6, 6.07) is 0.263. The van der Waals surface area contributed by atoms with Gasteiger partial charge in [0.1, 0.15) is 10.4 Å². The monoisotopic (exact) mass is 545 g/mol. The van der Waals surface area contributed by atoms with Crippen LogP contribution in [0.3, 0.4) is 0 Å². The largest absolute Gasteiger partial charge is 0.391 e. The number of allylic oxidation sites excluding steroid dienone is 1. The van der Waals surface area contributed by atoms with E-state index in [1.807, 2.05) is 4.90 Å². The van der Waals surface area contributed by atoms with Gasteiger partial charge in [0.2, 0.25) is 5.91 Å². The number of hydrogen-bond donors (Lipinski definition) is 4. The van der Waals surface area contributed by atoms with Gasteiger partial charge in [-0.15, -0.1) is 0 Å². The molecule has 3 fully saturated rings. The van der Waals surface area contributed by atoms with Crippen LogP contribution in [-0.2, 0) is 4.79 Å². The number of fused-ring (bicyclic) bond motifs is 3. The van der Waals surface area contributed by atoms with Crippen LogP contribution in [0, 0.1) is 17.8 Å². The molecule has 4 heterocycles. The molecule has 3 aliphatic carbocycles. The molecule has 1 aliphatic heterocycles. The third kappa shape index (κ3) is 3.86. The van der Waals surface area contributed by atoms with Gasteiger partial charge in [-0.05, 0) is 37.5 Å². The van der Waals surface area contributed by atoms with Crippen LogP contribution in [0.5, 0.6) is 0 Å². The van der Waals surface area contributed by atoms with E-state index in [-0.39, 0.29) is 35.8 Å². The van der Waals surface area contributed by atoms with Gasteiger partial charge in [0.15, 0.2) is 21.8 Å². The highest BCUT2D eigenvalue weighted by Crippen LogP contribution is 2.47. The molecule has 12 heteroatoms. The van der Waals surface area contributed by atoms with Crippen LogP contribution in [0.25, 0.3) is 21.9 Å². The zero-order chi connectivity index (χ0) is 24.6. The van der Waals surface area contributed by atoms with Gasteiger partial charge in [-0.3, -0.25) is 4.79 Å². The molecule has 3 aromatic heterocycles. The van der Waals surface area contributed by atoms with Gasteiger partial charge in [-0.25, -0.2) is 15.0 Å². The Morgan fingerprint density at radius 1 is 1.19 bits per heavy atom. The van der Waals surface area contributed by atoms with Crippen LogP contribution < -0.4 is 15.5 Å². The Bertz CT molecular complexity index is 1390. The number of aromatic nitrogens is 4. The van der Waals surface area contributed by atoms with Gasteiger partial charge in [0.05, 0.1) is 28.9 Å². The number of aliphatic hydroxyl groups excluding tert-OH is 1. The van der Waals surface area contributed by atoms with Gasteiger partial charge in [-0.1, -0.05) is 46.7 Å². The van der Waals surface area contributed by atoms with Gasteiger partial charge in [0.25, 0.3) is 0 Å². The second-order valence-electron chi connectivity index (χ2n) is 10.2. The topological polar surface area (TPSA) is 119 Å². The van der Waals surface area contributed by atoms with E-state index in [9.17, 15) is 9.90 Å². The quantitative estimate of drug-likeness (QED) is 0.347. The lowest BCUT2D eigenvalue weighted by molar-refractivity contribution is -0.126. The summed E-state index contributed by atoms with van der Waals surface area (Å²) in [6.45, 7) is 1.28. The Morgan fingerprint density at radius 3 is 2.81 bits per heavy atom. The Hall–Kier alpha value is -2.40. The van der Waals surface area contributed by atoms with Gasteiger partial charge in [0, 0.05) is 25.2 Å². The lowest BCUT2D eigenvalue weighted by Crippen LogP contribution is -2.44. The van der Waals surface area contributed by atoms with E-state index in [2.05, 4.69) is 42.7 Å². The van der Waals surface area contributed by atoms with Crippen LogP contribution >= 0.6 is 34.5 Å². The van der Waals surface area contributed by atoms with Crippen LogP contribution in [-0.4, -0.2) is 62.2 Å². The molecule has 1 saturated heterocycles. The number of imidazole rings is 1. The summed E-state index contributed by atoms with van der Waals surface area (Å²) in [5.74, 6) is 1.04. The molecule has 5 atom stereocenters. The zero-order valence-corrected chi connectivity index (χ0v) is 21.6. The standard InChI is InChI=1S/C24H25Cl2N7O2S/c25-14-8-27-21-18(30-22(32-21)19-20(26)31-24(36-19)33-6-5-13(34)9-33)17(14)29-16-11-2-1-10(7-11)15(16)23(35)28-12-3-4-12/h1-2,8,10-13,15-16,34H,3-7,9H2,(H,28,35)(H2,27,29,30,32)/t10-,11+,13-,15+,16?/m1/s1. The minimum atomic E-state index is -0.349. The number of H-pyrrole nitrogens is 1. The van der Waals surface area contributed by atoms with Crippen molar-refractivity contribution in [3.63, 3.8) is 0 Å². The number of rotatable bonds is 6. The molecule has 1 unspecified atom stereocenters. The van der Waals surface area contributed by atoms with Crippen molar-refractivity contribution in [1.29, 1.82) is 0 Å². The van der Waals surface area contributed by atoms with Crippen LogP contribution in [0.15, 0.2) is 18.3 Å². The van der Waals surface area contributed by atoms with Crippen LogP contribution in [0.2, 0.25) is 10.2 Å². The molecule has 1 amide bonds. The lowest BCUT2D eigenvalue weighted by Gasteiger charge is -2.29. The Morgan fingerprint density at radius 2 is 2.03 bits per heavy atom. The molecule has 188 valence electrons. The number of aliphatic hydroxyl groups is 1. The minimum Gasteiger partial charge on any atom is -0.391 e. The first-order chi connectivity index (χ1) is 17.4. The maximum Gasteiger partial charge on any atom is 0.226 e. The maximum atomic E-state index is 13.1. The van der Waals surface area contributed by atoms with E-state index in [1.54, 1.807) is 6.20 Å². The van der Waals surface area contributed by atoms with Gasteiger partial charge >= 0.3 is 0 Å². The van der Waals surface area contributed by atoms with Crippen molar-refractivity contribution in [1.82, 2.24) is 25.3 Å². The molecule has 2 saturated carbocycles. The van der Waals surface area contributed by atoms with E-state index >= 15 is 0 Å². The summed E-state index contributed by atoms with van der Waals surface area (Å²) in [5, 5.41) is 18.3. The van der Waals surface area contributed by atoms with Crippen molar-refractivity contribution >= 4 is 62.4 Å². The molecule has 0 radical (unpaired) electrons. The molecule has 7 rings (SSSR count). The first-order valence-electron chi connectivity index (χ1n) is 12.3. The number of hydrogen-bond acceptors (Lipinski definition) is 8. The first-order valence-corrected chi connectivity index (χ1v) is 13.9. The highest BCUT2D eigenvalue weighted by Gasteiger charge is 2.49. The fourth-order valence-electron chi connectivity index (χ4n) is 5.74. The van der Waals surface area contributed by atoms with Crippen molar-refractivity contribution in [2.75, 3.05) is 23.3 Å². The third-order valence-corrected chi connectivity index (χ3v) is 9.49. The summed E-state index contributed by atoms with van der Waals surface area (Å²) in [6.07, 6.45) is 9.44. The van der Waals surface area contributed by atoms with Crippen LogP contribution in [0.4, 0.5) is 10.8 Å². The molecule has 36 heavy (non-hydrogen) atoms. The van der Waals surface area contributed by atoms with Crippen LogP contribution in [0.1, 0.15) is 25.7 Å². The number of amides is 1. The van der Waals surface area contributed by atoms with Crippen molar-refractivity contribution in [2.24, 2.45) is 17.8 Å². The number of thiazole rings is 1. The maximum absolute atomic E-state index is 13.1. The van der Waals surface area contributed by atoms with Gasteiger partial charge in [-0.2, -0.15) is 0 Å². The van der Waals surface area contributed by atoms with E-state index in [0.29, 0.717) is 56.7 Å². The second-order valence-corrected chi connectivity index (χ2v) is 11.9. The number of nitrogens with zero attached hydrogens (tertiary/aromatic N) is 4. The predicted molar refractivity (Wildman–Crippen MR) is 141 cm³/mol. The van der Waals surface area contributed by atoms with E-state index in [1.165, 1.54) is 11.3 Å². The number of nitrogens with one attached hydrogen (secondary N) is 3. The van der Waals surface area contributed by atoms with Crippen molar-refractivity contribution in [2.45, 2.75) is 43.9 Å². The molecule has 0 spiro atoms. The minimum absolute atomic E-state index is 0.0613. The highest BCUT2D eigenvalue weighted by atomic mass is 35.5. The molecule has 3 aromatic rings. The molecule has 4 aliphatic rings. The van der Waals surface area contributed by atoms with E-state index in [0.717, 1.165) is 30.9 Å². The highest BCUT2D eigenvalue weighted by molar-refractivity contribution is 7.19. The smallest absolute Gasteiger partial charge is 0.226 e. The number of halogens is 2. The average molecular weight is 546 g/mol. The number of anilines is 2. The predicted octanol–water partition coefficient (Wildman–Crippen LogP) is 3.84. The van der Waals surface area contributed by atoms with E-state index in [4.69, 9.17) is 23.2 Å². The molecule has 0 aromatic carbocycles. The van der Waals surface area contributed by atoms with Gasteiger partial charge < -0.3 is 25.6 Å². The summed E-state index contributed by atoms with van der Waals surface area (Å²) >= 11 is 14.6. The molecule has 4 N–H and O–H groups in total. The summed E-state index contributed by atoms with van der Waals surface area (Å²) in [5.41, 5.74) is 1.88. The fourth-order valence-corrected chi connectivity index (χ4v) is 7.21. The molecular formula is C24H25Cl2N7O2S. The third-order valence-electron chi connectivity index (χ3n) is 7.69. The normalized spacial score (nSPS) is 29.0. The number of carbonyl (C=O) groups excluding carboxylic acids is 1. The fraction of sp³-hybridized carbons (Fsp3) is 0.500. The average Bonchev–Trinajstić information content (AvgIpc) is 3.33. The Kier molecular flexibility index (Phi) is 5.43. The summed E-state index contributed by atoms with van der Waals surface area (Å²) in [7, 11) is 0. The molecular weight excluding hydrogens is 521 g/mol. The number of pyridine rings is 1. The number of carbonyl (C=O) groups is 1. The van der Waals surface area contributed by atoms with Crippen molar-refractivity contribution < 1.29 is 9.90 Å². The Labute approximate surface area is 221 Å².